The Kier molecular flexibility index (Phi) is 1.81. The Morgan fingerprint density at radius 2 is 2.45 bits per heavy atom. The minimum Gasteiger partial charge on any atom is -0.390 e. The molecule has 11 heavy (non-hydrogen) atoms. The molecule has 0 aliphatic rings. The molecule has 0 bridgehead atoms. The molecule has 0 saturated heterocycles. The maximum Gasteiger partial charge on any atom is 0.491 e. The second-order valence-corrected chi connectivity index (χ2v) is 1.86. The Balaban J connectivity index is 3.05. The lowest BCUT2D eigenvalue weighted by Gasteiger charge is -1.85. The van der Waals surface area contributed by atoms with Gasteiger partial charge in [-0.25, -0.2) is 0 Å². The van der Waals surface area contributed by atoms with Crippen molar-refractivity contribution in [3.05, 3.63) is 15.9 Å². The van der Waals surface area contributed by atoms with Crippen molar-refractivity contribution in [3.8, 4) is 0 Å². The van der Waals surface area contributed by atoms with Crippen molar-refractivity contribution < 1.29 is 10.0 Å². The van der Waals surface area contributed by atoms with Gasteiger partial charge in [-0.1, -0.05) is 0 Å². The topological polar surface area (TPSA) is 94.1 Å². The third kappa shape index (κ3) is 1.32. The van der Waals surface area contributed by atoms with Gasteiger partial charge in [0.1, 0.15) is 0 Å². The van der Waals surface area contributed by atoms with Gasteiger partial charge in [-0.3, -0.25) is 0 Å². The number of hydrogen-bond acceptors (Lipinski definition) is 5. The number of nitrogens with zero attached hydrogens (tertiary/aromatic N) is 4. The highest BCUT2D eigenvalue weighted by molar-refractivity contribution is 5.02. The largest absolute Gasteiger partial charge is 0.491 e. The number of aliphatic hydroxyl groups is 1. The molecule has 0 fully saturated rings. The van der Waals surface area contributed by atoms with Crippen molar-refractivity contribution in [2.45, 2.75) is 13.7 Å². The summed E-state index contributed by atoms with van der Waals surface area (Å²) in [5, 5.41) is 22.0. The van der Waals surface area contributed by atoms with Crippen molar-refractivity contribution in [1.82, 2.24) is 14.8 Å². The fraction of sp³-hybridized carbons (Fsp3) is 0.500. The molecule has 7 nitrogen and oxygen atoms in total. The van der Waals surface area contributed by atoms with Gasteiger partial charge in [-0.15, -0.1) is 4.68 Å². The van der Waals surface area contributed by atoms with Crippen molar-refractivity contribution >= 4 is 5.95 Å². The average Bonchev–Trinajstić information content (AvgIpc) is 2.31. The van der Waals surface area contributed by atoms with Crippen molar-refractivity contribution in [1.29, 1.82) is 0 Å². The minimum atomic E-state index is -0.709. The Morgan fingerprint density at radius 3 is 2.73 bits per heavy atom. The molecule has 0 amide bonds. The fourth-order valence-corrected chi connectivity index (χ4v) is 0.616. The van der Waals surface area contributed by atoms with Crippen LogP contribution in [0.2, 0.25) is 0 Å². The van der Waals surface area contributed by atoms with Gasteiger partial charge in [0.25, 0.3) is 0 Å². The van der Waals surface area contributed by atoms with E-state index in [2.05, 4.69) is 10.1 Å². The quantitative estimate of drug-likeness (QED) is 0.460. The van der Waals surface area contributed by atoms with Crippen LogP contribution in [0.25, 0.3) is 0 Å². The number of nitro groups is 1. The first-order valence-corrected chi connectivity index (χ1v) is 2.82. The van der Waals surface area contributed by atoms with E-state index in [1.54, 1.807) is 0 Å². The zero-order valence-corrected chi connectivity index (χ0v) is 5.76. The SMILES string of the molecule is Cc1nc([N+](=O)[O-])nn1CO. The summed E-state index contributed by atoms with van der Waals surface area (Å²) in [6.07, 6.45) is 0. The molecule has 0 radical (unpaired) electrons. The molecule has 0 atom stereocenters. The summed E-state index contributed by atoms with van der Waals surface area (Å²) >= 11 is 0. The number of aromatic nitrogens is 3. The molecule has 0 aromatic carbocycles. The van der Waals surface area contributed by atoms with Crippen LogP contribution in [0.3, 0.4) is 0 Å². The van der Waals surface area contributed by atoms with Gasteiger partial charge < -0.3 is 15.2 Å². The highest BCUT2D eigenvalue weighted by atomic mass is 16.6. The van der Waals surface area contributed by atoms with Crippen molar-refractivity contribution in [3.63, 3.8) is 0 Å². The van der Waals surface area contributed by atoms with E-state index in [4.69, 9.17) is 5.11 Å². The monoisotopic (exact) mass is 158 g/mol. The van der Waals surface area contributed by atoms with E-state index in [1.165, 1.54) is 6.92 Å². The predicted octanol–water partition coefficient (Wildman–Crippen LogP) is -0.555. The van der Waals surface area contributed by atoms with E-state index < -0.39 is 17.6 Å². The van der Waals surface area contributed by atoms with Gasteiger partial charge in [-0.05, 0) is 9.91 Å². The van der Waals surface area contributed by atoms with Crippen LogP contribution in [-0.2, 0) is 6.73 Å². The summed E-state index contributed by atoms with van der Waals surface area (Å²) in [6, 6.07) is 0. The van der Waals surface area contributed by atoms with Crippen LogP contribution in [0.15, 0.2) is 0 Å². The third-order valence-electron chi connectivity index (χ3n) is 1.14. The molecule has 0 saturated carbocycles. The molecule has 0 aliphatic carbocycles. The van der Waals surface area contributed by atoms with Crippen LogP contribution in [0.4, 0.5) is 5.95 Å². The Morgan fingerprint density at radius 1 is 1.82 bits per heavy atom. The summed E-state index contributed by atoms with van der Waals surface area (Å²) in [7, 11) is 0. The first-order chi connectivity index (χ1) is 5.15. The van der Waals surface area contributed by atoms with Crippen LogP contribution >= 0.6 is 0 Å². The lowest BCUT2D eigenvalue weighted by Crippen LogP contribution is -2.01. The summed E-state index contributed by atoms with van der Waals surface area (Å²) in [5.74, 6) is -0.171. The van der Waals surface area contributed by atoms with Gasteiger partial charge in [0.2, 0.25) is 5.82 Å². The van der Waals surface area contributed by atoms with Crippen LogP contribution in [0, 0.1) is 17.0 Å². The van der Waals surface area contributed by atoms with Gasteiger partial charge >= 0.3 is 5.95 Å². The molecular formula is C4H6N4O3. The lowest BCUT2D eigenvalue weighted by atomic mass is 10.7. The average molecular weight is 158 g/mol. The third-order valence-corrected chi connectivity index (χ3v) is 1.14. The Hall–Kier alpha value is -1.50. The van der Waals surface area contributed by atoms with E-state index in [9.17, 15) is 10.1 Å². The molecule has 0 aliphatic heterocycles. The minimum absolute atomic E-state index is 0.319. The van der Waals surface area contributed by atoms with E-state index in [-0.39, 0.29) is 0 Å². The highest BCUT2D eigenvalue weighted by Gasteiger charge is 2.16. The fourth-order valence-electron chi connectivity index (χ4n) is 0.616. The molecule has 1 heterocycles. The highest BCUT2D eigenvalue weighted by Crippen LogP contribution is 2.03. The van der Waals surface area contributed by atoms with Crippen molar-refractivity contribution in [2.75, 3.05) is 0 Å². The van der Waals surface area contributed by atoms with Gasteiger partial charge in [0.15, 0.2) is 6.73 Å². The van der Waals surface area contributed by atoms with Crippen LogP contribution in [0.5, 0.6) is 0 Å². The van der Waals surface area contributed by atoms with Crippen LogP contribution in [0.1, 0.15) is 5.82 Å². The number of aliphatic hydroxyl groups excluding tert-OH is 1. The molecule has 1 rings (SSSR count). The summed E-state index contributed by atoms with van der Waals surface area (Å²) < 4.78 is 1.04. The second kappa shape index (κ2) is 2.62. The molecule has 1 N–H and O–H groups in total. The molecule has 0 spiro atoms. The molecule has 1 aromatic rings. The van der Waals surface area contributed by atoms with E-state index in [0.717, 1.165) is 4.68 Å². The molecule has 0 unspecified atom stereocenters. The predicted molar refractivity (Wildman–Crippen MR) is 33.6 cm³/mol. The maximum absolute atomic E-state index is 10.1. The number of rotatable bonds is 2. The van der Waals surface area contributed by atoms with Gasteiger partial charge in [0, 0.05) is 12.0 Å². The Labute approximate surface area is 61.4 Å². The normalized spacial score (nSPS) is 10.0. The second-order valence-electron chi connectivity index (χ2n) is 1.86. The number of hydrogen-bond donors (Lipinski definition) is 1. The smallest absolute Gasteiger partial charge is 0.390 e. The van der Waals surface area contributed by atoms with Crippen LogP contribution in [-0.4, -0.2) is 24.8 Å². The maximum atomic E-state index is 10.1. The first kappa shape index (κ1) is 7.61. The number of aryl methyl sites for hydroxylation is 1. The van der Waals surface area contributed by atoms with E-state index >= 15 is 0 Å². The molecule has 60 valence electrons. The Bertz CT molecular complexity index is 281. The zero-order valence-electron chi connectivity index (χ0n) is 5.76. The first-order valence-electron chi connectivity index (χ1n) is 2.82. The van der Waals surface area contributed by atoms with Crippen LogP contribution < -0.4 is 0 Å². The molecule has 1 aromatic heterocycles. The summed E-state index contributed by atoms with van der Waals surface area (Å²) in [6.45, 7) is 1.13. The standard InChI is InChI=1S/C4H6N4O3/c1-3-5-4(8(10)11)6-7(3)2-9/h9H,2H2,1H3. The molecule has 7 heteroatoms. The zero-order chi connectivity index (χ0) is 8.43. The molecular weight excluding hydrogens is 152 g/mol. The van der Waals surface area contributed by atoms with Gasteiger partial charge in [-0.2, -0.15) is 0 Å². The lowest BCUT2D eigenvalue weighted by molar-refractivity contribution is -0.394. The summed E-state index contributed by atoms with van der Waals surface area (Å²) in [4.78, 5) is 12.8. The van der Waals surface area contributed by atoms with E-state index in [1.807, 2.05) is 0 Å². The van der Waals surface area contributed by atoms with Gasteiger partial charge in [0.05, 0.1) is 0 Å². The van der Waals surface area contributed by atoms with Crippen molar-refractivity contribution in [2.24, 2.45) is 0 Å². The summed E-state index contributed by atoms with van der Waals surface area (Å²) in [5.41, 5.74) is 0. The van der Waals surface area contributed by atoms with E-state index in [0.29, 0.717) is 5.82 Å².